The van der Waals surface area contributed by atoms with Crippen LogP contribution in [0.2, 0.25) is 0 Å². The molecule has 0 unspecified atom stereocenters. The Hall–Kier alpha value is -5.46. The van der Waals surface area contributed by atoms with Crippen molar-refractivity contribution in [1.82, 2.24) is 39.9 Å². The van der Waals surface area contributed by atoms with Crippen molar-refractivity contribution in [2.24, 2.45) is 0 Å². The molecular weight excluding hydrogens is 1870 g/mol. The number of fused-ring (bicyclic) bond motifs is 6. The molecule has 8 heterocycles. The van der Waals surface area contributed by atoms with Crippen LogP contribution in [0.5, 0.6) is 0 Å². The maximum atomic E-state index is 9.08. The Labute approximate surface area is 807 Å². The van der Waals surface area contributed by atoms with Crippen LogP contribution in [-0.4, -0.2) is 110 Å². The van der Waals surface area contributed by atoms with E-state index in [9.17, 15) is 0 Å². The smallest absolute Gasteiger partial charge is 0.255 e. The molecule has 34 heteroatoms. The SMILES string of the molecule is CS(=O)(=O)[O-].CS(=O)(=O)[O-].CS(=O)(=O)[O-].Cc1ccc(C(C)C)cc1.O=S(=O)=O.[CH3-].[CH3-].[Cl][Ru][Cl].[Cl][Ru][Cl].[Na+].[Na+].[Na+].[Na+].c1ccc(-c2ccccn2)nc1.c1ccc(-c2ccccn2)nc1.c1ccc(-c2ccnc3c2ccc2c(-c4ccccc4)ccnc23)cc1.c1ccc(-c2ccnc3c2ccc2c(-c4ccccc4)ccnc23)cc1. The predicted molar refractivity (Wildman–Crippen MR) is 449 cm³/mol. The summed E-state index contributed by atoms with van der Waals surface area (Å²) in [7, 11) is 4.55. The van der Waals surface area contributed by atoms with Gasteiger partial charge in [-0.15, -0.1) is 12.6 Å². The van der Waals surface area contributed by atoms with E-state index in [4.69, 9.17) is 90.3 Å². The van der Waals surface area contributed by atoms with Crippen LogP contribution < -0.4 is 118 Å². The van der Waals surface area contributed by atoms with Gasteiger partial charge in [-0.3, -0.25) is 39.9 Å². The summed E-state index contributed by atoms with van der Waals surface area (Å²) in [6.45, 7) is 6.54. The molecule has 594 valence electrons. The number of hydrogen-bond acceptors (Lipinski definition) is 20. The molecule has 0 aliphatic rings. The molecule has 8 aromatic heterocycles. The van der Waals surface area contributed by atoms with Crippen LogP contribution in [0.15, 0.2) is 316 Å². The molecule has 0 fully saturated rings. The molecule has 0 N–H and O–H groups in total. The quantitative estimate of drug-likeness (QED) is 0.0635. The van der Waals surface area contributed by atoms with Crippen LogP contribution in [0.4, 0.5) is 0 Å². The fourth-order valence-corrected chi connectivity index (χ4v) is 10.1. The number of aromatic nitrogens is 8. The summed E-state index contributed by atoms with van der Waals surface area (Å²) < 4.78 is 107. The van der Waals surface area contributed by atoms with Gasteiger partial charge in [-0.05, 0) is 136 Å². The zero-order chi connectivity index (χ0) is 81.2. The van der Waals surface area contributed by atoms with Gasteiger partial charge in [0.25, 0.3) is 0 Å². The summed E-state index contributed by atoms with van der Waals surface area (Å²) in [6.07, 6.45) is 16.4. The number of hydrogen-bond donors (Lipinski definition) is 0. The third-order valence-corrected chi connectivity index (χ3v) is 14.5. The molecule has 0 aliphatic carbocycles. The van der Waals surface area contributed by atoms with Crippen LogP contribution in [0.1, 0.15) is 30.9 Å². The van der Waals surface area contributed by atoms with Crippen molar-refractivity contribution < 1.29 is 200 Å². The van der Waals surface area contributed by atoms with Gasteiger partial charge in [-0.25, -0.2) is 25.3 Å². The van der Waals surface area contributed by atoms with Crippen LogP contribution in [0, 0.1) is 21.8 Å². The predicted octanol–water partition coefficient (Wildman–Crippen LogP) is 7.79. The van der Waals surface area contributed by atoms with Crippen molar-refractivity contribution in [1.29, 1.82) is 0 Å². The number of rotatable bonds is 7. The molecule has 0 amide bonds. The number of pyridine rings is 8. The van der Waals surface area contributed by atoms with E-state index >= 15 is 0 Å². The third-order valence-electron chi connectivity index (χ3n) is 14.5. The van der Waals surface area contributed by atoms with Gasteiger partial charge in [-0.1, -0.05) is 214 Å². The molecule has 0 saturated carbocycles. The Morgan fingerprint density at radius 2 is 0.479 bits per heavy atom. The Bertz CT molecular complexity index is 5150. The second kappa shape index (κ2) is 61.8. The Kier molecular flexibility index (Phi) is 60.0. The van der Waals surface area contributed by atoms with Crippen molar-refractivity contribution in [2.75, 3.05) is 18.8 Å². The van der Waals surface area contributed by atoms with Gasteiger partial charge in [0, 0.05) is 89.9 Å². The van der Waals surface area contributed by atoms with Crippen molar-refractivity contribution in [3.63, 3.8) is 0 Å². The Balaban J connectivity index is 0. The fourth-order valence-electron chi connectivity index (χ4n) is 10.1. The fraction of sp³-hybridized carbons (Fsp3) is 0.0843. The monoisotopic (exact) mass is 1940 g/mol. The molecule has 0 aliphatic heterocycles. The third kappa shape index (κ3) is 44.8. The van der Waals surface area contributed by atoms with Gasteiger partial charge in [0.15, 0.2) is 0 Å². The molecule has 15 rings (SSSR count). The number of benzene rings is 7. The topological polar surface area (TPSA) is 326 Å². The molecule has 0 radical (unpaired) electrons. The standard InChI is InChI=1S/2C24H16N2.2C10H8N2.C10H14.3CH4O3S.2CH3.4ClH.4Na.O3S.2Ru/c2*1-3-7-17(8-4-1)19-13-15-25-23-21(19)11-12-22-20(14-16-26-24(22)23)18-9-5-2-6-10-18;2*1-3-7-11-9(5-1)10-6-2-4-8-12-10;1-8(2)10-6-4-9(3)5-7-10;3*1-5(2,3)4;;;;;;;;;;;1-4(2)3;;/h2*1-16H;2*1-8H;4-8H,1-3H3;3*1H3,(H,2,3,4);2*1H3;4*1H;;;;;;;/q;;;;;;;;2*-1;;;;;4*+1;;2*+2/p-7. The minimum atomic E-state index is -3.92. The van der Waals surface area contributed by atoms with Gasteiger partial charge in [0.1, 0.15) is 0 Å². The zero-order valence-electron chi connectivity index (χ0n) is 65.9. The average molecular weight is 1940 g/mol. The van der Waals surface area contributed by atoms with Gasteiger partial charge in [0.05, 0.1) is 75.2 Å². The van der Waals surface area contributed by atoms with Crippen LogP contribution in [-0.2, 0) is 71.3 Å². The van der Waals surface area contributed by atoms with E-state index in [1.807, 2.05) is 122 Å². The van der Waals surface area contributed by atoms with Crippen LogP contribution in [0.25, 0.3) is 111 Å². The van der Waals surface area contributed by atoms with Crippen LogP contribution >= 0.6 is 38.8 Å². The Morgan fingerprint density at radius 1 is 0.299 bits per heavy atom. The van der Waals surface area contributed by atoms with E-state index in [0.717, 1.165) is 66.4 Å². The van der Waals surface area contributed by atoms with E-state index in [1.165, 1.54) is 55.6 Å². The van der Waals surface area contributed by atoms with Crippen molar-refractivity contribution in [2.45, 2.75) is 26.7 Å². The van der Waals surface area contributed by atoms with E-state index in [0.29, 0.717) is 24.7 Å². The Morgan fingerprint density at radius 3 is 0.641 bits per heavy atom. The molecular formula is C83H77Cl4N8Na4O12Ru2S4-. The summed E-state index contributed by atoms with van der Waals surface area (Å²) in [5.74, 6) is 0.653. The first-order valence-corrected chi connectivity index (χ1v) is 47.9. The van der Waals surface area contributed by atoms with E-state index < -0.39 is 41.0 Å². The average Bonchev–Trinajstić information content (AvgIpc) is 0.764. The summed E-state index contributed by atoms with van der Waals surface area (Å²) in [4.78, 5) is 35.4. The van der Waals surface area contributed by atoms with E-state index in [1.54, 1.807) is 24.8 Å². The van der Waals surface area contributed by atoms with E-state index in [-0.39, 0.29) is 163 Å². The molecule has 7 aromatic carbocycles. The molecule has 0 bridgehead atoms. The largest absolute Gasteiger partial charge is 1.00 e. The summed E-state index contributed by atoms with van der Waals surface area (Å²) in [5.41, 5.74) is 19.7. The maximum Gasteiger partial charge on any atom is 1.00 e. The van der Waals surface area contributed by atoms with Crippen molar-refractivity contribution in [3.05, 3.63) is 342 Å². The first kappa shape index (κ1) is 114. The maximum absolute atomic E-state index is 9.08. The molecule has 20 nitrogen and oxygen atoms in total. The zero-order valence-corrected chi connectivity index (χ0v) is 83.7. The minimum absolute atomic E-state index is 0. The summed E-state index contributed by atoms with van der Waals surface area (Å²) >= 11 is -0.691. The van der Waals surface area contributed by atoms with E-state index in [2.05, 4.69) is 231 Å². The molecule has 0 saturated heterocycles. The first-order valence-electron chi connectivity index (χ1n) is 32.5. The minimum Gasteiger partial charge on any atom is -0.255 e. The molecule has 117 heavy (non-hydrogen) atoms. The van der Waals surface area contributed by atoms with Gasteiger partial charge in [0.2, 0.25) is 0 Å². The number of aryl methyl sites for hydroxylation is 1. The molecule has 0 spiro atoms. The second-order valence-electron chi connectivity index (χ2n) is 23.0. The summed E-state index contributed by atoms with van der Waals surface area (Å²) in [6, 6.07) is 90.6. The number of halogens is 4. The van der Waals surface area contributed by atoms with Crippen molar-refractivity contribution >= 4 is 123 Å². The van der Waals surface area contributed by atoms with Gasteiger partial charge >= 0.3 is 198 Å². The van der Waals surface area contributed by atoms with Crippen LogP contribution in [0.3, 0.4) is 0 Å². The molecule has 15 aromatic rings. The number of nitrogens with zero attached hydrogens (tertiary/aromatic N) is 8. The van der Waals surface area contributed by atoms with Gasteiger partial charge in [-0.2, -0.15) is 0 Å². The molecule has 0 atom stereocenters. The first-order chi connectivity index (χ1) is 53.0. The second-order valence-corrected chi connectivity index (χ2v) is 32.9. The van der Waals surface area contributed by atoms with Gasteiger partial charge < -0.3 is 28.5 Å². The normalized spacial score (nSPS) is 9.86. The summed E-state index contributed by atoms with van der Waals surface area (Å²) in [5, 5.41) is 4.51. The van der Waals surface area contributed by atoms with Crippen molar-refractivity contribution in [3.8, 4) is 67.3 Å².